The molecule has 1 aromatic heterocycles. The summed E-state index contributed by atoms with van der Waals surface area (Å²) in [5.74, 6) is -0.659. The number of fused-ring (bicyclic) bond motifs is 1. The number of nitriles is 1. The highest BCUT2D eigenvalue weighted by Crippen LogP contribution is 2.24. The zero-order valence-electron chi connectivity index (χ0n) is 17.8. The Balaban J connectivity index is 0.00000289. The number of hydrogen-bond donors (Lipinski definition) is 2. The Morgan fingerprint density at radius 3 is 2.78 bits per heavy atom. The van der Waals surface area contributed by atoms with Gasteiger partial charge in [-0.1, -0.05) is 30.3 Å². The van der Waals surface area contributed by atoms with E-state index in [1.165, 1.54) is 4.57 Å². The minimum atomic E-state index is -0.637. The average Bonchev–Trinajstić information content (AvgIpc) is 2.96. The number of nitrogens with zero attached hydrogens (tertiary/aromatic N) is 2. The SMILES string of the molecule is Cn1c(=O)oc2ccc(-c3ccc(C[C@@H](C#N)NC(=O)[C@@H]4CNCCCO4)cc3)cc21.O. The molecule has 2 heterocycles. The summed E-state index contributed by atoms with van der Waals surface area (Å²) in [4.78, 5) is 24.1. The zero-order chi connectivity index (χ0) is 21.8. The van der Waals surface area contributed by atoms with Crippen LogP contribution in [0.2, 0.25) is 0 Å². The van der Waals surface area contributed by atoms with Crippen LogP contribution >= 0.6 is 0 Å². The first-order valence-electron chi connectivity index (χ1n) is 10.3. The second-order valence-corrected chi connectivity index (χ2v) is 7.62. The van der Waals surface area contributed by atoms with Gasteiger partial charge in [-0.3, -0.25) is 9.36 Å². The highest BCUT2D eigenvalue weighted by molar-refractivity contribution is 5.82. The Kier molecular flexibility index (Phi) is 7.43. The summed E-state index contributed by atoms with van der Waals surface area (Å²) in [5, 5.41) is 15.4. The van der Waals surface area contributed by atoms with Crippen LogP contribution in [0.1, 0.15) is 12.0 Å². The number of carbonyl (C=O) groups is 1. The van der Waals surface area contributed by atoms with E-state index < -0.39 is 17.9 Å². The van der Waals surface area contributed by atoms with Crippen molar-refractivity contribution >= 4 is 17.0 Å². The quantitative estimate of drug-likeness (QED) is 0.606. The normalized spacial score (nSPS) is 17.1. The van der Waals surface area contributed by atoms with Crippen molar-refractivity contribution in [3.05, 3.63) is 58.6 Å². The second-order valence-electron chi connectivity index (χ2n) is 7.62. The van der Waals surface area contributed by atoms with Crippen molar-refractivity contribution in [2.45, 2.75) is 25.0 Å². The molecular weight excluding hydrogens is 412 g/mol. The number of aromatic nitrogens is 1. The van der Waals surface area contributed by atoms with E-state index in [1.807, 2.05) is 36.4 Å². The molecule has 4 rings (SSSR count). The highest BCUT2D eigenvalue weighted by atomic mass is 16.5. The predicted octanol–water partition coefficient (Wildman–Crippen LogP) is 0.903. The fourth-order valence-corrected chi connectivity index (χ4v) is 3.65. The Morgan fingerprint density at radius 1 is 1.28 bits per heavy atom. The van der Waals surface area contributed by atoms with Gasteiger partial charge in [-0.05, 0) is 41.8 Å². The summed E-state index contributed by atoms with van der Waals surface area (Å²) in [7, 11) is 1.67. The highest BCUT2D eigenvalue weighted by Gasteiger charge is 2.23. The fraction of sp³-hybridized carbons (Fsp3) is 0.348. The number of carbonyl (C=O) groups excluding carboxylic acids is 1. The van der Waals surface area contributed by atoms with Crippen molar-refractivity contribution in [3.8, 4) is 17.2 Å². The van der Waals surface area contributed by atoms with E-state index in [2.05, 4.69) is 16.7 Å². The molecule has 9 nitrogen and oxygen atoms in total. The maximum absolute atomic E-state index is 12.4. The van der Waals surface area contributed by atoms with Gasteiger partial charge in [-0.2, -0.15) is 5.26 Å². The van der Waals surface area contributed by atoms with Gasteiger partial charge in [0.25, 0.3) is 5.91 Å². The van der Waals surface area contributed by atoms with Crippen molar-refractivity contribution in [1.82, 2.24) is 15.2 Å². The lowest BCUT2D eigenvalue weighted by molar-refractivity contribution is -0.132. The number of aryl methyl sites for hydroxylation is 1. The van der Waals surface area contributed by atoms with E-state index >= 15 is 0 Å². The van der Waals surface area contributed by atoms with E-state index in [1.54, 1.807) is 13.1 Å². The second kappa shape index (κ2) is 10.2. The Bertz CT molecular complexity index is 1170. The summed E-state index contributed by atoms with van der Waals surface area (Å²) in [6.07, 6.45) is 0.689. The molecule has 0 bridgehead atoms. The minimum absolute atomic E-state index is 0. The first-order chi connectivity index (χ1) is 15.0. The molecule has 1 saturated heterocycles. The van der Waals surface area contributed by atoms with E-state index in [0.717, 1.165) is 35.2 Å². The zero-order valence-corrected chi connectivity index (χ0v) is 17.8. The van der Waals surface area contributed by atoms with Gasteiger partial charge in [-0.25, -0.2) is 4.79 Å². The van der Waals surface area contributed by atoms with Crippen LogP contribution in [0.15, 0.2) is 51.7 Å². The lowest BCUT2D eigenvalue weighted by atomic mass is 10.0. The van der Waals surface area contributed by atoms with Crippen LogP contribution in [-0.4, -0.2) is 47.8 Å². The molecule has 9 heteroatoms. The molecule has 3 aromatic rings. The topological polar surface area (TPSA) is 141 Å². The molecule has 1 aliphatic rings. The van der Waals surface area contributed by atoms with Crippen molar-refractivity contribution in [2.75, 3.05) is 19.7 Å². The number of ether oxygens (including phenoxy) is 1. The molecule has 0 aliphatic carbocycles. The monoisotopic (exact) mass is 438 g/mol. The molecule has 4 N–H and O–H groups in total. The largest absolute Gasteiger partial charge is 0.419 e. The molecular formula is C23H26N4O5. The number of amides is 1. The van der Waals surface area contributed by atoms with E-state index in [0.29, 0.717) is 25.2 Å². The molecule has 2 aromatic carbocycles. The summed E-state index contributed by atoms with van der Waals surface area (Å²) >= 11 is 0. The Morgan fingerprint density at radius 2 is 2.03 bits per heavy atom. The lowest BCUT2D eigenvalue weighted by Gasteiger charge is -2.18. The average molecular weight is 438 g/mol. The van der Waals surface area contributed by atoms with Gasteiger partial charge >= 0.3 is 5.76 Å². The van der Waals surface area contributed by atoms with E-state index in [-0.39, 0.29) is 11.4 Å². The molecule has 1 fully saturated rings. The van der Waals surface area contributed by atoms with E-state index in [4.69, 9.17) is 9.15 Å². The summed E-state index contributed by atoms with van der Waals surface area (Å²) in [6, 6.07) is 14.9. The number of oxazole rings is 1. The van der Waals surface area contributed by atoms with Gasteiger partial charge in [0.15, 0.2) is 5.58 Å². The molecule has 0 spiro atoms. The standard InChI is InChI=1S/C23H24N4O4.H2O/c1-27-19-12-17(7-8-20(19)31-23(27)29)16-5-3-15(4-6-16)11-18(13-24)26-22(28)21-14-25-9-2-10-30-21;/h3-8,12,18,21,25H,2,9-11,14H2,1H3,(H,26,28);1H2/t18-,21-;/m0./s1. The summed E-state index contributed by atoms with van der Waals surface area (Å²) < 4.78 is 12.2. The van der Waals surface area contributed by atoms with Crippen LogP contribution in [0.5, 0.6) is 0 Å². The van der Waals surface area contributed by atoms with Crippen LogP contribution in [0.4, 0.5) is 0 Å². The fourth-order valence-electron chi connectivity index (χ4n) is 3.65. The van der Waals surface area contributed by atoms with Crippen molar-refractivity contribution in [1.29, 1.82) is 5.26 Å². The van der Waals surface area contributed by atoms with Gasteiger partial charge < -0.3 is 25.3 Å². The van der Waals surface area contributed by atoms with Crippen molar-refractivity contribution in [3.63, 3.8) is 0 Å². The Hall–Kier alpha value is -3.45. The smallest absolute Gasteiger partial charge is 0.412 e. The van der Waals surface area contributed by atoms with Gasteiger partial charge in [0.1, 0.15) is 12.1 Å². The number of hydrogen-bond acceptors (Lipinski definition) is 6. The maximum Gasteiger partial charge on any atom is 0.419 e. The van der Waals surface area contributed by atoms with Gasteiger partial charge in [0.05, 0.1) is 11.6 Å². The maximum atomic E-state index is 12.4. The van der Waals surface area contributed by atoms with Crippen molar-refractivity contribution in [2.24, 2.45) is 7.05 Å². The lowest BCUT2D eigenvalue weighted by Crippen LogP contribution is -2.46. The molecule has 168 valence electrons. The third-order valence-corrected chi connectivity index (χ3v) is 5.43. The summed E-state index contributed by atoms with van der Waals surface area (Å²) in [5.41, 5.74) is 4.16. The van der Waals surface area contributed by atoms with Crippen LogP contribution in [0.3, 0.4) is 0 Å². The predicted molar refractivity (Wildman–Crippen MR) is 119 cm³/mol. The molecule has 32 heavy (non-hydrogen) atoms. The van der Waals surface area contributed by atoms with Crippen molar-refractivity contribution < 1.29 is 19.4 Å². The number of benzene rings is 2. The van der Waals surface area contributed by atoms with Gasteiger partial charge in [-0.15, -0.1) is 0 Å². The van der Waals surface area contributed by atoms with Gasteiger partial charge in [0.2, 0.25) is 0 Å². The number of nitrogens with one attached hydrogen (secondary N) is 2. The molecule has 0 radical (unpaired) electrons. The first kappa shape index (κ1) is 23.2. The van der Waals surface area contributed by atoms with Crippen LogP contribution < -0.4 is 16.4 Å². The molecule has 1 amide bonds. The third kappa shape index (κ3) is 5.06. The van der Waals surface area contributed by atoms with E-state index in [9.17, 15) is 14.9 Å². The van der Waals surface area contributed by atoms with Crippen LogP contribution in [0.25, 0.3) is 22.2 Å². The third-order valence-electron chi connectivity index (χ3n) is 5.43. The number of rotatable bonds is 5. The van der Waals surface area contributed by atoms with Crippen LogP contribution in [-0.2, 0) is 23.0 Å². The molecule has 0 saturated carbocycles. The first-order valence-corrected chi connectivity index (χ1v) is 10.3. The minimum Gasteiger partial charge on any atom is -0.412 e. The Labute approximate surface area is 184 Å². The van der Waals surface area contributed by atoms with Crippen LogP contribution in [0, 0.1) is 11.3 Å². The van der Waals surface area contributed by atoms with Gasteiger partial charge in [0, 0.05) is 26.6 Å². The molecule has 2 atom stereocenters. The molecule has 0 unspecified atom stereocenters. The summed E-state index contributed by atoms with van der Waals surface area (Å²) in [6.45, 7) is 1.80. The molecule has 1 aliphatic heterocycles.